The van der Waals surface area contributed by atoms with Gasteiger partial charge in [-0.25, -0.2) is 0 Å². The molecule has 0 aliphatic rings. The smallest absolute Gasteiger partial charge is 0.139 e. The molecular formula is C37H52O8Si4. The van der Waals surface area contributed by atoms with Crippen molar-refractivity contribution in [2.45, 2.75) is 29.1 Å². The third-order valence-corrected chi connectivity index (χ3v) is 17.0. The van der Waals surface area contributed by atoms with Crippen LogP contribution in [0.1, 0.15) is 22.3 Å². The third kappa shape index (κ3) is 9.82. The molecule has 0 fully saturated rings. The predicted molar refractivity (Wildman–Crippen MR) is 209 cm³/mol. The monoisotopic (exact) mass is 736 g/mol. The summed E-state index contributed by atoms with van der Waals surface area (Å²) in [5.74, 6) is -0.686. The lowest BCUT2D eigenvalue weighted by Crippen LogP contribution is -2.36. The van der Waals surface area contributed by atoms with E-state index in [2.05, 4.69) is 97.1 Å². The first-order chi connectivity index (χ1) is 23.9. The summed E-state index contributed by atoms with van der Waals surface area (Å²) in [5, 5.41) is 5.10. The molecule has 0 saturated carbocycles. The summed E-state index contributed by atoms with van der Waals surface area (Å²) in [7, 11) is 10.4. The SMILES string of the molecule is COC(OC)[SiH2]c1ccc(C(c2ccc([SiH2]C(OC)OC)cc2)(c2ccc([SiH2]C(OC)OC)cc2)c2ccc([SiH2]C(OC)OC)cc2)cc1. The number of ether oxygens (including phenoxy) is 8. The maximum absolute atomic E-state index is 5.57. The Hall–Kier alpha value is -2.57. The van der Waals surface area contributed by atoms with Gasteiger partial charge in [0.15, 0.2) is 0 Å². The minimum atomic E-state index is -0.811. The number of methoxy groups -OCH3 is 8. The summed E-state index contributed by atoms with van der Waals surface area (Å²) in [5.41, 5.74) is 4.12. The van der Waals surface area contributed by atoms with E-state index in [1.807, 2.05) is 0 Å². The van der Waals surface area contributed by atoms with Crippen LogP contribution in [0.3, 0.4) is 0 Å². The molecule has 0 aliphatic carbocycles. The lowest BCUT2D eigenvalue weighted by atomic mass is 9.65. The Kier molecular flexibility index (Phi) is 15.8. The predicted octanol–water partition coefficient (Wildman–Crippen LogP) is -0.449. The van der Waals surface area contributed by atoms with E-state index in [4.69, 9.17) is 37.9 Å². The van der Waals surface area contributed by atoms with E-state index in [1.54, 1.807) is 56.9 Å². The van der Waals surface area contributed by atoms with Crippen molar-refractivity contribution in [2.75, 3.05) is 56.9 Å². The molecule has 0 aromatic heterocycles. The minimum absolute atomic E-state index is 0.171. The Labute approximate surface area is 301 Å². The molecule has 0 aliphatic heterocycles. The van der Waals surface area contributed by atoms with E-state index in [-0.39, 0.29) is 23.7 Å². The second-order valence-electron chi connectivity index (χ2n) is 12.0. The number of rotatable bonds is 20. The Bertz CT molecular complexity index is 1270. The first kappa shape index (κ1) is 39.2. The van der Waals surface area contributed by atoms with Gasteiger partial charge in [0.05, 0.1) is 5.41 Å². The fourth-order valence-electron chi connectivity index (χ4n) is 6.38. The van der Waals surface area contributed by atoms with Crippen molar-refractivity contribution >= 4 is 58.8 Å². The highest BCUT2D eigenvalue weighted by molar-refractivity contribution is 6.55. The van der Waals surface area contributed by atoms with Crippen LogP contribution < -0.4 is 20.7 Å². The van der Waals surface area contributed by atoms with Gasteiger partial charge < -0.3 is 37.9 Å². The molecule has 12 heteroatoms. The molecule has 0 amide bonds. The zero-order valence-corrected chi connectivity index (χ0v) is 35.8. The molecule has 0 spiro atoms. The van der Waals surface area contributed by atoms with Crippen molar-refractivity contribution in [3.63, 3.8) is 0 Å². The van der Waals surface area contributed by atoms with E-state index in [1.165, 1.54) is 43.0 Å². The molecule has 0 saturated heterocycles. The van der Waals surface area contributed by atoms with E-state index in [9.17, 15) is 0 Å². The first-order valence-corrected chi connectivity index (χ1v) is 22.6. The van der Waals surface area contributed by atoms with Crippen LogP contribution >= 0.6 is 0 Å². The summed E-state index contributed by atoms with van der Waals surface area (Å²) < 4.78 is 44.6. The molecule has 4 aromatic carbocycles. The zero-order valence-electron chi connectivity index (χ0n) is 30.1. The second-order valence-corrected chi connectivity index (χ2v) is 19.5. The van der Waals surface area contributed by atoms with Crippen molar-refractivity contribution in [3.05, 3.63) is 119 Å². The number of hydrogen-bond acceptors (Lipinski definition) is 8. The maximum atomic E-state index is 5.57. The Morgan fingerprint density at radius 3 is 0.612 bits per heavy atom. The number of hydrogen-bond donors (Lipinski definition) is 0. The highest BCUT2D eigenvalue weighted by atomic mass is 28.2. The topological polar surface area (TPSA) is 73.8 Å². The molecule has 264 valence electrons. The molecule has 0 unspecified atom stereocenters. The van der Waals surface area contributed by atoms with E-state index >= 15 is 0 Å². The van der Waals surface area contributed by atoms with Gasteiger partial charge in [0.2, 0.25) is 0 Å². The van der Waals surface area contributed by atoms with E-state index < -0.39 is 43.5 Å². The van der Waals surface area contributed by atoms with Gasteiger partial charge in [0.1, 0.15) is 61.7 Å². The highest BCUT2D eigenvalue weighted by Crippen LogP contribution is 2.44. The van der Waals surface area contributed by atoms with Gasteiger partial charge in [-0.3, -0.25) is 0 Å². The van der Waals surface area contributed by atoms with Crippen molar-refractivity contribution in [1.29, 1.82) is 0 Å². The molecule has 4 rings (SSSR count). The van der Waals surface area contributed by atoms with Gasteiger partial charge in [-0.1, -0.05) is 118 Å². The molecule has 8 nitrogen and oxygen atoms in total. The Balaban J connectivity index is 1.93. The van der Waals surface area contributed by atoms with Crippen molar-refractivity contribution in [3.8, 4) is 0 Å². The molecule has 0 heterocycles. The summed E-state index contributed by atoms with van der Waals surface area (Å²) in [6.45, 7) is 0. The van der Waals surface area contributed by atoms with Gasteiger partial charge in [-0.2, -0.15) is 0 Å². The molecule has 0 atom stereocenters. The maximum Gasteiger partial charge on any atom is 0.139 e. The van der Waals surface area contributed by atoms with Crippen molar-refractivity contribution < 1.29 is 37.9 Å². The lowest BCUT2D eigenvalue weighted by molar-refractivity contribution is -0.0430. The van der Waals surface area contributed by atoms with Crippen LogP contribution in [0.25, 0.3) is 0 Å². The molecular weight excluding hydrogens is 685 g/mol. The lowest BCUT2D eigenvalue weighted by Gasteiger charge is -2.37. The summed E-state index contributed by atoms with van der Waals surface area (Å²) >= 11 is 0. The van der Waals surface area contributed by atoms with Gasteiger partial charge >= 0.3 is 0 Å². The first-order valence-electron chi connectivity index (χ1n) is 16.5. The normalized spacial score (nSPS) is 14.1. The van der Waals surface area contributed by atoms with Crippen LogP contribution in [0.4, 0.5) is 0 Å². The van der Waals surface area contributed by atoms with Crippen LogP contribution in [-0.2, 0) is 43.3 Å². The summed E-state index contributed by atoms with van der Waals surface area (Å²) in [6, 6.07) is 36.2. The number of benzene rings is 4. The Morgan fingerprint density at radius 2 is 0.469 bits per heavy atom. The molecule has 0 N–H and O–H groups in total. The van der Waals surface area contributed by atoms with Crippen LogP contribution in [-0.4, -0.2) is 119 Å². The molecule has 0 radical (unpaired) electrons. The average molecular weight is 737 g/mol. The van der Waals surface area contributed by atoms with Gasteiger partial charge in [0.25, 0.3) is 0 Å². The fraction of sp³-hybridized carbons (Fsp3) is 0.351. The van der Waals surface area contributed by atoms with E-state index in [0.29, 0.717) is 0 Å². The standard InChI is InChI=1S/C37H52O8Si4/c1-38-33(39-2)46-29-17-9-25(10-18-29)37(26-11-19-30(20-12-26)47-34(40-3)41-4,27-13-21-31(22-14-27)48-35(42-5)43-6)28-15-23-32(24-16-28)49-36(44-7)45-8/h9-24,33-36H,46-49H2,1-8H3. The molecule has 0 bridgehead atoms. The molecule has 4 aromatic rings. The quantitative estimate of drug-likeness (QED) is 0.0688. The average Bonchev–Trinajstić information content (AvgIpc) is 3.16. The van der Waals surface area contributed by atoms with Crippen LogP contribution in [0.2, 0.25) is 0 Å². The van der Waals surface area contributed by atoms with Crippen LogP contribution in [0.5, 0.6) is 0 Å². The van der Waals surface area contributed by atoms with Crippen molar-refractivity contribution in [1.82, 2.24) is 0 Å². The second kappa shape index (κ2) is 19.7. The molecule has 49 heavy (non-hydrogen) atoms. The fourth-order valence-corrected chi connectivity index (χ4v) is 11.3. The minimum Gasteiger partial charge on any atom is -0.360 e. The largest absolute Gasteiger partial charge is 0.360 e. The van der Waals surface area contributed by atoms with Gasteiger partial charge in [-0.15, -0.1) is 0 Å². The van der Waals surface area contributed by atoms with E-state index in [0.717, 1.165) is 0 Å². The highest BCUT2D eigenvalue weighted by Gasteiger charge is 2.38. The summed E-state index contributed by atoms with van der Waals surface area (Å²) in [4.78, 5) is 0. The van der Waals surface area contributed by atoms with Crippen molar-refractivity contribution in [2.24, 2.45) is 0 Å². The third-order valence-electron chi connectivity index (χ3n) is 9.26. The van der Waals surface area contributed by atoms with Crippen LogP contribution in [0.15, 0.2) is 97.1 Å². The Morgan fingerprint density at radius 1 is 0.306 bits per heavy atom. The van der Waals surface area contributed by atoms with Gasteiger partial charge in [0, 0.05) is 56.9 Å². The summed E-state index contributed by atoms with van der Waals surface area (Å²) in [6.07, 6.45) is 0. The zero-order chi connectivity index (χ0) is 35.2. The van der Waals surface area contributed by atoms with Crippen LogP contribution in [0, 0.1) is 0 Å². The van der Waals surface area contributed by atoms with Gasteiger partial charge in [-0.05, 0) is 22.3 Å².